The van der Waals surface area contributed by atoms with Gasteiger partial charge in [-0.1, -0.05) is 0 Å². The summed E-state index contributed by atoms with van der Waals surface area (Å²) in [7, 11) is 0. The van der Waals surface area contributed by atoms with Crippen molar-refractivity contribution in [3.8, 4) is 0 Å². The molecule has 0 saturated carbocycles. The summed E-state index contributed by atoms with van der Waals surface area (Å²) in [5.41, 5.74) is 11.5. The van der Waals surface area contributed by atoms with Crippen LogP contribution in [0.3, 0.4) is 0 Å². The lowest BCUT2D eigenvalue weighted by Crippen LogP contribution is -2.70. The van der Waals surface area contributed by atoms with E-state index in [0.717, 1.165) is 11.8 Å². The molecule has 1 aliphatic rings. The van der Waals surface area contributed by atoms with Gasteiger partial charge in [-0.2, -0.15) is 0 Å². The quantitative estimate of drug-likeness (QED) is 0.0547. The highest BCUT2D eigenvalue weighted by molar-refractivity contribution is 5.91. The van der Waals surface area contributed by atoms with Crippen LogP contribution in [0.1, 0.15) is 40.5 Å². The number of hydrazine groups is 1. The third-order valence-electron chi connectivity index (χ3n) is 6.43. The van der Waals surface area contributed by atoms with Crippen molar-refractivity contribution in [1.82, 2.24) is 15.2 Å². The highest BCUT2D eigenvalue weighted by atomic mass is 16.6. The number of nitrogens with one attached hydrogen (secondary N) is 1. The summed E-state index contributed by atoms with van der Waals surface area (Å²) in [6.45, 7) is 3.90. The lowest BCUT2D eigenvalue weighted by molar-refractivity contribution is -0.245. The molecule has 0 radical (unpaired) electrons. The summed E-state index contributed by atoms with van der Waals surface area (Å²) < 4.78 is 11.0. The summed E-state index contributed by atoms with van der Waals surface area (Å²) in [6, 6.07) is -5.58. The summed E-state index contributed by atoms with van der Waals surface area (Å²) in [4.78, 5) is 73.0. The molecule has 9 atom stereocenters. The first-order valence-electron chi connectivity index (χ1n) is 12.2. The van der Waals surface area contributed by atoms with E-state index < -0.39 is 103 Å². The Balaban J connectivity index is 3.12. The molecule has 1 heterocycles. The molecule has 0 aromatic heterocycles. The number of ether oxygens (including phenoxy) is 2. The molecule has 1 unspecified atom stereocenters. The summed E-state index contributed by atoms with van der Waals surface area (Å²) in [5, 5.41) is 41.1. The van der Waals surface area contributed by atoms with Gasteiger partial charge in [-0.15, -0.1) is 0 Å². The molecule has 1 rings (SSSR count). The molecular weight excluding hydrogens is 540 g/mol. The van der Waals surface area contributed by atoms with Crippen LogP contribution in [0.4, 0.5) is 0 Å². The van der Waals surface area contributed by atoms with Crippen molar-refractivity contribution >= 4 is 35.6 Å². The molecule has 40 heavy (non-hydrogen) atoms. The van der Waals surface area contributed by atoms with Gasteiger partial charge in [0.2, 0.25) is 23.6 Å². The number of nitrogens with two attached hydrogens (primary N) is 3. The van der Waals surface area contributed by atoms with E-state index in [4.69, 9.17) is 31.9 Å². The average Bonchev–Trinajstić information content (AvgIpc) is 2.88. The van der Waals surface area contributed by atoms with E-state index in [1.165, 1.54) is 20.8 Å². The zero-order valence-electron chi connectivity index (χ0n) is 22.5. The summed E-state index contributed by atoms with van der Waals surface area (Å²) in [6.07, 6.45) is -8.13. The standard InChI is InChI=1S/C22H38N6O12/c1-8(19(34)26-12(18(24)33)5-6-14(31)28(25)9(2)21(35)36)27(11(4)30)20-15(23)17(39-10(3)22(37)38)16(32)13(7-29)40-20/h8-10,12-13,15-17,20,29,32H,5-7,23,25H2,1-4H3,(H2,24,33)(H,26,34)(H,35,36)(H,37,38)/t8-,9-,10+,12+,13+,15+,16+,17+,20?/m0/s1. The van der Waals surface area contributed by atoms with Crippen LogP contribution in [0, 0.1) is 0 Å². The number of carbonyl (C=O) groups is 6. The van der Waals surface area contributed by atoms with Crippen molar-refractivity contribution in [2.75, 3.05) is 6.61 Å². The van der Waals surface area contributed by atoms with Crippen LogP contribution >= 0.6 is 0 Å². The minimum absolute atomic E-state index is 0.353. The van der Waals surface area contributed by atoms with Crippen LogP contribution in [0.15, 0.2) is 0 Å². The van der Waals surface area contributed by atoms with Crippen LogP contribution < -0.4 is 22.6 Å². The first-order chi connectivity index (χ1) is 18.5. The molecule has 228 valence electrons. The Morgan fingerprint density at radius 2 is 1.62 bits per heavy atom. The third-order valence-corrected chi connectivity index (χ3v) is 6.43. The normalized spacial score (nSPS) is 25.6. The Morgan fingerprint density at radius 3 is 2.08 bits per heavy atom. The van der Waals surface area contributed by atoms with E-state index in [1.807, 2.05) is 0 Å². The Labute approximate surface area is 229 Å². The van der Waals surface area contributed by atoms with E-state index in [-0.39, 0.29) is 6.42 Å². The van der Waals surface area contributed by atoms with Gasteiger partial charge < -0.3 is 51.6 Å². The molecule has 1 aliphatic heterocycles. The molecule has 18 heteroatoms. The number of aliphatic hydroxyl groups is 2. The number of amides is 4. The molecule has 0 bridgehead atoms. The second-order valence-electron chi connectivity index (χ2n) is 9.32. The van der Waals surface area contributed by atoms with E-state index >= 15 is 0 Å². The minimum atomic E-state index is -1.58. The number of carboxylic acid groups (broad SMARTS) is 2. The molecule has 1 fully saturated rings. The molecule has 0 aliphatic carbocycles. The van der Waals surface area contributed by atoms with Gasteiger partial charge in [-0.05, 0) is 27.2 Å². The van der Waals surface area contributed by atoms with Crippen LogP contribution in [0.5, 0.6) is 0 Å². The Kier molecular flexibility index (Phi) is 12.8. The molecule has 0 aromatic carbocycles. The molecule has 11 N–H and O–H groups in total. The molecule has 18 nitrogen and oxygen atoms in total. The van der Waals surface area contributed by atoms with E-state index in [1.54, 1.807) is 0 Å². The van der Waals surface area contributed by atoms with Gasteiger partial charge in [0.25, 0.3) is 0 Å². The number of aliphatic hydroxyl groups excluding tert-OH is 2. The van der Waals surface area contributed by atoms with Crippen molar-refractivity contribution in [2.24, 2.45) is 17.3 Å². The van der Waals surface area contributed by atoms with Gasteiger partial charge in [0.1, 0.15) is 36.4 Å². The zero-order valence-corrected chi connectivity index (χ0v) is 22.5. The van der Waals surface area contributed by atoms with Crippen molar-refractivity contribution in [3.63, 3.8) is 0 Å². The molecular formula is C22H38N6O12. The van der Waals surface area contributed by atoms with Gasteiger partial charge in [0.05, 0.1) is 12.6 Å². The van der Waals surface area contributed by atoms with Gasteiger partial charge in [-0.3, -0.25) is 24.2 Å². The molecule has 1 saturated heterocycles. The lowest BCUT2D eigenvalue weighted by atomic mass is 9.94. The zero-order chi connectivity index (χ0) is 31.1. The fourth-order valence-corrected chi connectivity index (χ4v) is 3.93. The van der Waals surface area contributed by atoms with Crippen molar-refractivity contribution in [1.29, 1.82) is 0 Å². The van der Waals surface area contributed by atoms with Crippen molar-refractivity contribution < 1.29 is 58.7 Å². The van der Waals surface area contributed by atoms with Crippen LogP contribution in [-0.2, 0) is 38.2 Å². The van der Waals surface area contributed by atoms with Gasteiger partial charge in [0, 0.05) is 13.3 Å². The maximum absolute atomic E-state index is 13.1. The number of primary amides is 1. The fourth-order valence-electron chi connectivity index (χ4n) is 3.93. The highest BCUT2D eigenvalue weighted by Gasteiger charge is 2.49. The van der Waals surface area contributed by atoms with Crippen molar-refractivity contribution in [2.45, 2.75) is 95.3 Å². The van der Waals surface area contributed by atoms with E-state index in [2.05, 4.69) is 5.32 Å². The summed E-state index contributed by atoms with van der Waals surface area (Å²) in [5.74, 6) is -0.823. The third kappa shape index (κ3) is 8.54. The Bertz CT molecular complexity index is 967. The van der Waals surface area contributed by atoms with E-state index in [9.17, 15) is 44.1 Å². The average molecular weight is 579 g/mol. The number of carboxylic acids is 2. The van der Waals surface area contributed by atoms with Gasteiger partial charge in [-0.25, -0.2) is 15.4 Å². The van der Waals surface area contributed by atoms with Crippen LogP contribution in [0.25, 0.3) is 0 Å². The minimum Gasteiger partial charge on any atom is -0.480 e. The number of hydrogen-bond donors (Lipinski definition) is 8. The second-order valence-corrected chi connectivity index (χ2v) is 9.32. The number of hydrogen-bond acceptors (Lipinski definition) is 12. The molecule has 4 amide bonds. The number of nitrogens with zero attached hydrogens (tertiary/aromatic N) is 2. The monoisotopic (exact) mass is 578 g/mol. The van der Waals surface area contributed by atoms with E-state index in [0.29, 0.717) is 5.01 Å². The van der Waals surface area contributed by atoms with Crippen molar-refractivity contribution in [3.05, 3.63) is 0 Å². The van der Waals surface area contributed by atoms with Gasteiger partial charge >= 0.3 is 11.9 Å². The van der Waals surface area contributed by atoms with Crippen LogP contribution in [0.2, 0.25) is 0 Å². The molecule has 0 aromatic rings. The predicted octanol–water partition coefficient (Wildman–Crippen LogP) is -4.59. The second kappa shape index (κ2) is 14.8. The lowest BCUT2D eigenvalue weighted by Gasteiger charge is -2.48. The highest BCUT2D eigenvalue weighted by Crippen LogP contribution is 2.27. The van der Waals surface area contributed by atoms with Crippen LogP contribution in [-0.4, -0.2) is 127 Å². The first kappa shape index (κ1) is 34.6. The maximum atomic E-state index is 13.1. The topological polar surface area (TPSA) is 298 Å². The Hall–Kier alpha value is -3.42. The fraction of sp³-hybridized carbons (Fsp3) is 0.727. The molecule has 0 spiro atoms. The number of carbonyl (C=O) groups excluding carboxylic acids is 4. The smallest absolute Gasteiger partial charge is 0.332 e. The van der Waals surface area contributed by atoms with Gasteiger partial charge in [0.15, 0.2) is 12.3 Å². The largest absolute Gasteiger partial charge is 0.480 e. The SMILES string of the molecule is CC(=O)N(C1O[C@H](CO)[C@@H](O)[C@H](O[C@H](C)C(=O)O)[C@H]1N)[C@@H](C)C(=O)N[C@H](CCC(=O)N(N)[C@@H](C)C(=O)O)C(N)=O. The summed E-state index contributed by atoms with van der Waals surface area (Å²) >= 11 is 0. The predicted molar refractivity (Wildman–Crippen MR) is 132 cm³/mol. The number of rotatable bonds is 14. The first-order valence-corrected chi connectivity index (χ1v) is 12.2. The maximum Gasteiger partial charge on any atom is 0.332 e. The Morgan fingerprint density at radius 1 is 1.05 bits per heavy atom. The number of aliphatic carboxylic acids is 2.